The van der Waals surface area contributed by atoms with Crippen LogP contribution in [0.15, 0.2) is 0 Å². The zero-order chi connectivity index (χ0) is 3.58. The largest absolute Gasteiger partial charge is 1.00 e. The van der Waals surface area contributed by atoms with Crippen LogP contribution in [-0.4, -0.2) is 11.1 Å². The van der Waals surface area contributed by atoms with Crippen molar-refractivity contribution < 1.29 is 83.8 Å². The van der Waals surface area contributed by atoms with Crippen molar-refractivity contribution in [2.75, 3.05) is 0 Å². The van der Waals surface area contributed by atoms with E-state index in [9.17, 15) is 0 Å². The van der Waals surface area contributed by atoms with E-state index in [4.69, 9.17) is 9.90 Å². The van der Waals surface area contributed by atoms with Crippen molar-refractivity contribution in [3.05, 3.63) is 0 Å². The van der Waals surface area contributed by atoms with Gasteiger partial charge in [-0.05, 0) is 0 Å². The van der Waals surface area contributed by atoms with Crippen LogP contribution < -0.4 is 51.4 Å². The molecule has 0 radical (unpaired) electrons. The summed E-state index contributed by atoms with van der Waals surface area (Å²) in [6.45, 7) is 1.08. The summed E-state index contributed by atoms with van der Waals surface area (Å²) in [7, 11) is 0. The first-order valence-corrected chi connectivity index (χ1v) is 0.928. The van der Waals surface area contributed by atoms with Crippen molar-refractivity contribution in [3.63, 3.8) is 0 Å². The molecule has 0 bridgehead atoms. The topological polar surface area (TPSA) is 37.3 Å². The van der Waals surface area contributed by atoms with E-state index in [1.165, 1.54) is 0 Å². The summed E-state index contributed by atoms with van der Waals surface area (Å²) >= 11 is 0. The molecule has 4 heteroatoms. The Morgan fingerprint density at radius 3 is 1.83 bits per heavy atom. The van der Waals surface area contributed by atoms with Crippen LogP contribution >= 0.6 is 0 Å². The van der Waals surface area contributed by atoms with Crippen LogP contribution in [0.2, 0.25) is 0 Å². The molecule has 6 heavy (non-hydrogen) atoms. The fraction of sp³-hybridized carbons (Fsp3) is 0.500. The number of carboxylic acids is 1. The van der Waals surface area contributed by atoms with Gasteiger partial charge in [0.15, 0.2) is 0 Å². The maximum atomic E-state index is 9.00. The molecule has 0 rings (SSSR count). The third-order valence-electron chi connectivity index (χ3n) is 0. The third kappa shape index (κ3) is 41.4. The van der Waals surface area contributed by atoms with Gasteiger partial charge in [0.1, 0.15) is 0 Å². The smallest absolute Gasteiger partial charge is 1.00 e. The molecule has 32 valence electrons. The molecule has 0 saturated carbocycles. The first-order chi connectivity index (χ1) is 1.73. The molecule has 0 heterocycles. The van der Waals surface area contributed by atoms with Gasteiger partial charge in [0.25, 0.3) is 5.97 Å². The maximum absolute atomic E-state index is 9.00. The van der Waals surface area contributed by atoms with E-state index in [0.717, 1.165) is 6.92 Å². The normalized spacial score (nSPS) is 4.17. The van der Waals surface area contributed by atoms with Gasteiger partial charge < -0.3 is 6.53 Å². The SMILES string of the molecule is CC(=O)O.[H-].[K+].[W]. The van der Waals surface area contributed by atoms with E-state index in [0.29, 0.717) is 0 Å². The number of carbonyl (C=O) groups is 1. The predicted octanol–water partition coefficient (Wildman–Crippen LogP) is -2.80. The second kappa shape index (κ2) is 9.92. The van der Waals surface area contributed by atoms with Crippen molar-refractivity contribution in [2.45, 2.75) is 6.92 Å². The van der Waals surface area contributed by atoms with E-state index >= 15 is 0 Å². The molecule has 0 aliphatic rings. The van der Waals surface area contributed by atoms with Gasteiger partial charge in [0.2, 0.25) is 0 Å². The van der Waals surface area contributed by atoms with E-state index in [-0.39, 0.29) is 73.9 Å². The van der Waals surface area contributed by atoms with E-state index in [2.05, 4.69) is 0 Å². The van der Waals surface area contributed by atoms with Gasteiger partial charge in [-0.15, -0.1) is 0 Å². The molecule has 0 amide bonds. The van der Waals surface area contributed by atoms with Crippen molar-refractivity contribution >= 4 is 5.97 Å². The van der Waals surface area contributed by atoms with Gasteiger partial charge in [-0.3, -0.25) is 4.79 Å². The second-order valence-corrected chi connectivity index (χ2v) is 0.519. The zero-order valence-corrected chi connectivity index (χ0v) is 9.82. The Morgan fingerprint density at radius 1 is 1.83 bits per heavy atom. The van der Waals surface area contributed by atoms with Crippen LogP contribution in [0.25, 0.3) is 0 Å². The van der Waals surface area contributed by atoms with Crippen molar-refractivity contribution in [2.24, 2.45) is 0 Å². The van der Waals surface area contributed by atoms with Crippen LogP contribution in [0.5, 0.6) is 0 Å². The van der Waals surface area contributed by atoms with Crippen LogP contribution in [0.3, 0.4) is 0 Å². The average molecular weight is 284 g/mol. The molecular formula is C2H5KO2W. The standard InChI is InChI=1S/C2H4O2.K.W.H/c1-2(3)4;;;/h1H3,(H,3,4);;;/q;+1;;-1. The van der Waals surface area contributed by atoms with Crippen molar-refractivity contribution in [3.8, 4) is 0 Å². The van der Waals surface area contributed by atoms with Crippen LogP contribution in [0.1, 0.15) is 8.35 Å². The summed E-state index contributed by atoms with van der Waals surface area (Å²) in [4.78, 5) is 9.00. The van der Waals surface area contributed by atoms with Gasteiger partial charge in [0, 0.05) is 28.0 Å². The second-order valence-electron chi connectivity index (χ2n) is 0.519. The Labute approximate surface area is 94.9 Å². The Morgan fingerprint density at radius 2 is 1.83 bits per heavy atom. The Bertz CT molecular complexity index is 38.7. The number of hydrogen-bond donors (Lipinski definition) is 1. The molecule has 2 nitrogen and oxygen atoms in total. The Hall–Kier alpha value is 1.79. The van der Waals surface area contributed by atoms with E-state index < -0.39 is 5.97 Å². The zero-order valence-electron chi connectivity index (χ0n) is 4.76. The van der Waals surface area contributed by atoms with Crippen LogP contribution in [0, 0.1) is 0 Å². The quantitative estimate of drug-likeness (QED) is 0.488. The first kappa shape index (κ1) is 15.7. The molecule has 0 unspecified atom stereocenters. The number of carboxylic acid groups (broad SMARTS) is 1. The number of aliphatic carboxylic acids is 1. The van der Waals surface area contributed by atoms with E-state index in [1.54, 1.807) is 0 Å². The molecule has 0 aromatic rings. The van der Waals surface area contributed by atoms with Gasteiger partial charge in [-0.2, -0.15) is 0 Å². The summed E-state index contributed by atoms with van der Waals surface area (Å²) in [5, 5.41) is 7.42. The van der Waals surface area contributed by atoms with Gasteiger partial charge >= 0.3 is 51.4 Å². The van der Waals surface area contributed by atoms with E-state index in [1.807, 2.05) is 0 Å². The maximum Gasteiger partial charge on any atom is 1.00 e. The monoisotopic (exact) mass is 284 g/mol. The summed E-state index contributed by atoms with van der Waals surface area (Å²) in [5.74, 6) is -0.833. The molecular weight excluding hydrogens is 279 g/mol. The summed E-state index contributed by atoms with van der Waals surface area (Å²) < 4.78 is 0. The molecule has 0 aromatic heterocycles. The number of rotatable bonds is 0. The molecule has 0 aromatic carbocycles. The Kier molecular flexibility index (Phi) is 25.9. The minimum Gasteiger partial charge on any atom is -1.00 e. The summed E-state index contributed by atoms with van der Waals surface area (Å²) in [6.07, 6.45) is 0. The number of hydrogen-bond acceptors (Lipinski definition) is 1. The Balaban J connectivity index is -0.0000000150. The fourth-order valence-electron chi connectivity index (χ4n) is 0. The molecule has 0 aliphatic carbocycles. The molecule has 0 saturated heterocycles. The minimum absolute atomic E-state index is 0. The first-order valence-electron chi connectivity index (χ1n) is 0.928. The molecule has 0 spiro atoms. The van der Waals surface area contributed by atoms with Gasteiger partial charge in [-0.1, -0.05) is 0 Å². The van der Waals surface area contributed by atoms with Crippen molar-refractivity contribution in [1.29, 1.82) is 0 Å². The van der Waals surface area contributed by atoms with Gasteiger partial charge in [0.05, 0.1) is 0 Å². The summed E-state index contributed by atoms with van der Waals surface area (Å²) in [5.41, 5.74) is 0. The van der Waals surface area contributed by atoms with Crippen LogP contribution in [-0.2, 0) is 25.9 Å². The molecule has 1 N–H and O–H groups in total. The minimum atomic E-state index is -0.833. The molecule has 0 fully saturated rings. The molecule has 0 aliphatic heterocycles. The summed E-state index contributed by atoms with van der Waals surface area (Å²) in [6, 6.07) is 0. The van der Waals surface area contributed by atoms with Crippen molar-refractivity contribution in [1.82, 2.24) is 0 Å². The third-order valence-corrected chi connectivity index (χ3v) is 0. The van der Waals surface area contributed by atoms with Crippen LogP contribution in [0.4, 0.5) is 0 Å². The average Bonchev–Trinajstić information content (AvgIpc) is 0.811. The van der Waals surface area contributed by atoms with Gasteiger partial charge in [-0.25, -0.2) is 0 Å². The molecule has 0 atom stereocenters. The predicted molar refractivity (Wildman–Crippen MR) is 14.4 cm³/mol. The fourth-order valence-corrected chi connectivity index (χ4v) is 0.